The maximum atomic E-state index is 11.9. The van der Waals surface area contributed by atoms with Crippen LogP contribution in [0, 0.1) is 3.57 Å². The molecule has 4 rings (SSSR count). The van der Waals surface area contributed by atoms with Gasteiger partial charge in [0.1, 0.15) is 11.5 Å². The van der Waals surface area contributed by atoms with Gasteiger partial charge in [0.2, 0.25) is 0 Å². The molecule has 7 nitrogen and oxygen atoms in total. The lowest BCUT2D eigenvalue weighted by molar-refractivity contribution is -0.123. The topological polar surface area (TPSA) is 92.5 Å². The maximum Gasteiger partial charge on any atom is 0.277 e. The molecule has 0 atom stereocenters. The van der Waals surface area contributed by atoms with Crippen LogP contribution in [0.25, 0.3) is 11.0 Å². The van der Waals surface area contributed by atoms with Crippen LogP contribution < -0.4 is 10.2 Å². The molecule has 29 heavy (non-hydrogen) atoms. The number of nitrogens with zero attached hydrogens (tertiary/aromatic N) is 2. The Bertz CT molecular complexity index is 1140. The van der Waals surface area contributed by atoms with Gasteiger partial charge < -0.3 is 14.1 Å². The first-order chi connectivity index (χ1) is 14.2. The number of aromatic nitrogens is 2. The maximum absolute atomic E-state index is 11.9. The van der Waals surface area contributed by atoms with Crippen molar-refractivity contribution in [3.05, 3.63) is 70.0 Å². The normalized spacial score (nSPS) is 11.2. The lowest BCUT2D eigenvalue weighted by atomic mass is 10.3. The molecule has 2 aromatic carbocycles. The monoisotopic (exact) mass is 518 g/mol. The van der Waals surface area contributed by atoms with Crippen molar-refractivity contribution >= 4 is 57.5 Å². The van der Waals surface area contributed by atoms with Crippen molar-refractivity contribution in [3.8, 4) is 5.75 Å². The highest BCUT2D eigenvalue weighted by molar-refractivity contribution is 14.1. The molecule has 146 valence electrons. The number of H-pyrrole nitrogens is 1. The predicted molar refractivity (Wildman–Crippen MR) is 119 cm³/mol. The van der Waals surface area contributed by atoms with Gasteiger partial charge in [0.05, 0.1) is 20.8 Å². The molecule has 2 heterocycles. The van der Waals surface area contributed by atoms with Gasteiger partial charge in [0.15, 0.2) is 16.9 Å². The highest BCUT2D eigenvalue weighted by Crippen LogP contribution is 2.28. The van der Waals surface area contributed by atoms with Crippen LogP contribution in [0.15, 0.2) is 80.4 Å². The first kappa shape index (κ1) is 19.5. The Labute approximate surface area is 184 Å². The van der Waals surface area contributed by atoms with Crippen LogP contribution in [0.5, 0.6) is 5.75 Å². The van der Waals surface area contributed by atoms with Crippen molar-refractivity contribution in [3.63, 3.8) is 0 Å². The third kappa shape index (κ3) is 5.18. The lowest BCUT2D eigenvalue weighted by Gasteiger charge is -2.06. The summed E-state index contributed by atoms with van der Waals surface area (Å²) in [5, 5.41) is 5.30. The summed E-state index contributed by atoms with van der Waals surface area (Å²) in [4.78, 5) is 19.6. The molecule has 0 radical (unpaired) electrons. The highest BCUT2D eigenvalue weighted by Gasteiger charge is 2.08. The molecular formula is C20H15IN4O3S. The van der Waals surface area contributed by atoms with Gasteiger partial charge in [-0.15, -0.1) is 0 Å². The zero-order chi connectivity index (χ0) is 20.1. The Hall–Kier alpha value is -2.79. The molecular weight excluding hydrogens is 503 g/mol. The molecule has 2 N–H and O–H groups in total. The fraction of sp³-hybridized carbons (Fsp3) is 0.0500. The van der Waals surface area contributed by atoms with E-state index in [0.717, 1.165) is 19.8 Å². The van der Waals surface area contributed by atoms with Gasteiger partial charge in [-0.25, -0.2) is 10.4 Å². The second kappa shape index (κ2) is 9.14. The van der Waals surface area contributed by atoms with Crippen LogP contribution >= 0.6 is 34.4 Å². The standard InChI is InChI=1S/C20H15IN4O3S/c21-14-5-1-4-8-17(14)27-12-18(26)25-22-11-13-9-10-19(28-13)29-20-23-15-6-2-3-7-16(15)24-20/h1-11H,12H2,(H,23,24)(H,25,26)/b22-11+. The van der Waals surface area contributed by atoms with E-state index in [0.29, 0.717) is 16.6 Å². The number of rotatable bonds is 7. The van der Waals surface area contributed by atoms with Gasteiger partial charge in [-0.3, -0.25) is 4.79 Å². The molecule has 4 aromatic rings. The SMILES string of the molecule is O=C(COc1ccccc1I)N/N=C/c1ccc(Sc2nc3ccccc3[nH]2)o1. The fourth-order valence-corrected chi connectivity index (χ4v) is 3.75. The Morgan fingerprint density at radius 1 is 1.21 bits per heavy atom. The minimum absolute atomic E-state index is 0.122. The quantitative estimate of drug-likeness (QED) is 0.215. The Balaban J connectivity index is 1.28. The van der Waals surface area contributed by atoms with Crippen LogP contribution in [-0.4, -0.2) is 28.7 Å². The Morgan fingerprint density at radius 2 is 2.03 bits per heavy atom. The molecule has 2 aromatic heterocycles. The fourth-order valence-electron chi connectivity index (χ4n) is 2.44. The van der Waals surface area contributed by atoms with Crippen LogP contribution in [0.4, 0.5) is 0 Å². The number of carbonyl (C=O) groups is 1. The minimum atomic E-state index is -0.357. The van der Waals surface area contributed by atoms with E-state index in [1.54, 1.807) is 6.07 Å². The minimum Gasteiger partial charge on any atom is -0.483 e. The van der Waals surface area contributed by atoms with Crippen molar-refractivity contribution in [2.24, 2.45) is 5.10 Å². The third-order valence-corrected chi connectivity index (χ3v) is 5.44. The average Bonchev–Trinajstić information content (AvgIpc) is 3.33. The number of para-hydroxylation sites is 3. The molecule has 0 bridgehead atoms. The van der Waals surface area contributed by atoms with E-state index in [4.69, 9.17) is 9.15 Å². The molecule has 0 saturated heterocycles. The third-order valence-electron chi connectivity index (χ3n) is 3.74. The number of aromatic amines is 1. The number of imidazole rings is 1. The molecule has 1 amide bonds. The number of furan rings is 1. The van der Waals surface area contributed by atoms with Gasteiger partial charge in [-0.05, 0) is 70.8 Å². The van der Waals surface area contributed by atoms with Crippen LogP contribution in [0.3, 0.4) is 0 Å². The summed E-state index contributed by atoms with van der Waals surface area (Å²) in [6.07, 6.45) is 1.44. The molecule has 9 heteroatoms. The summed E-state index contributed by atoms with van der Waals surface area (Å²) in [5.41, 5.74) is 4.29. The number of nitrogens with one attached hydrogen (secondary N) is 2. The molecule has 0 fully saturated rings. The Morgan fingerprint density at radius 3 is 2.90 bits per heavy atom. The zero-order valence-electron chi connectivity index (χ0n) is 15.0. The summed E-state index contributed by atoms with van der Waals surface area (Å²) in [6.45, 7) is -0.122. The molecule has 0 aliphatic rings. The second-order valence-corrected chi connectivity index (χ2v) is 7.99. The van der Waals surface area contributed by atoms with Gasteiger partial charge in [-0.1, -0.05) is 24.3 Å². The van der Waals surface area contributed by atoms with E-state index in [-0.39, 0.29) is 12.5 Å². The number of fused-ring (bicyclic) bond motifs is 1. The smallest absolute Gasteiger partial charge is 0.277 e. The molecule has 0 aliphatic heterocycles. The number of amides is 1. The van der Waals surface area contributed by atoms with E-state index >= 15 is 0 Å². The Kier molecular flexibility index (Phi) is 6.15. The van der Waals surface area contributed by atoms with Crippen molar-refractivity contribution < 1.29 is 13.9 Å². The summed E-state index contributed by atoms with van der Waals surface area (Å²) in [5.74, 6) is 0.817. The van der Waals surface area contributed by atoms with Crippen molar-refractivity contribution in [1.82, 2.24) is 15.4 Å². The molecule has 0 spiro atoms. The van der Waals surface area contributed by atoms with Gasteiger partial charge in [0, 0.05) is 0 Å². The summed E-state index contributed by atoms with van der Waals surface area (Å²) < 4.78 is 12.1. The number of hydrazone groups is 1. The van der Waals surface area contributed by atoms with E-state index in [1.807, 2.05) is 54.6 Å². The van der Waals surface area contributed by atoms with E-state index in [2.05, 4.69) is 43.1 Å². The van der Waals surface area contributed by atoms with Crippen molar-refractivity contribution in [1.29, 1.82) is 0 Å². The summed E-state index contributed by atoms with van der Waals surface area (Å²) >= 11 is 3.53. The zero-order valence-corrected chi connectivity index (χ0v) is 17.9. The molecule has 0 aliphatic carbocycles. The number of hydrogen-bond donors (Lipinski definition) is 2. The molecule has 0 saturated carbocycles. The lowest BCUT2D eigenvalue weighted by Crippen LogP contribution is -2.24. The summed E-state index contributed by atoms with van der Waals surface area (Å²) in [7, 11) is 0. The van der Waals surface area contributed by atoms with Gasteiger partial charge in [0.25, 0.3) is 5.91 Å². The highest BCUT2D eigenvalue weighted by atomic mass is 127. The van der Waals surface area contributed by atoms with Gasteiger partial charge >= 0.3 is 0 Å². The van der Waals surface area contributed by atoms with Gasteiger partial charge in [-0.2, -0.15) is 5.10 Å². The van der Waals surface area contributed by atoms with Crippen LogP contribution in [0.2, 0.25) is 0 Å². The van der Waals surface area contributed by atoms with Crippen LogP contribution in [0.1, 0.15) is 5.76 Å². The average molecular weight is 518 g/mol. The van der Waals surface area contributed by atoms with Crippen molar-refractivity contribution in [2.75, 3.05) is 6.61 Å². The first-order valence-electron chi connectivity index (χ1n) is 8.59. The molecule has 0 unspecified atom stereocenters. The van der Waals surface area contributed by atoms with E-state index in [1.165, 1.54) is 18.0 Å². The number of halogens is 1. The summed E-state index contributed by atoms with van der Waals surface area (Å²) in [6, 6.07) is 18.9. The number of benzene rings is 2. The second-order valence-electron chi connectivity index (χ2n) is 5.83. The number of carbonyl (C=O) groups excluding carboxylic acids is 1. The van der Waals surface area contributed by atoms with Crippen LogP contribution in [-0.2, 0) is 4.79 Å². The van der Waals surface area contributed by atoms with Crippen molar-refractivity contribution in [2.45, 2.75) is 10.2 Å². The predicted octanol–water partition coefficient (Wildman–Crippen LogP) is 4.44. The first-order valence-corrected chi connectivity index (χ1v) is 10.5. The number of ether oxygens (including phenoxy) is 1. The van der Waals surface area contributed by atoms with E-state index in [9.17, 15) is 4.79 Å². The number of hydrogen-bond acceptors (Lipinski definition) is 6. The van der Waals surface area contributed by atoms with E-state index < -0.39 is 0 Å². The largest absolute Gasteiger partial charge is 0.483 e.